The maximum atomic E-state index is 2.56. The van der Waals surface area contributed by atoms with Crippen LogP contribution in [0.2, 0.25) is 0 Å². The zero-order valence-corrected chi connectivity index (χ0v) is 31.7. The van der Waals surface area contributed by atoms with E-state index in [1.165, 1.54) is 107 Å². The van der Waals surface area contributed by atoms with E-state index in [9.17, 15) is 0 Å². The van der Waals surface area contributed by atoms with E-state index in [1.54, 1.807) is 5.57 Å². The number of hydrogen-bond donors (Lipinski definition) is 0. The van der Waals surface area contributed by atoms with Crippen LogP contribution in [0.4, 0.5) is 11.4 Å². The van der Waals surface area contributed by atoms with Crippen LogP contribution in [0.25, 0.3) is 27.6 Å². The van der Waals surface area contributed by atoms with Crippen molar-refractivity contribution in [3.63, 3.8) is 0 Å². The third-order valence-electron chi connectivity index (χ3n) is 11.7. The molecule has 6 aromatic carbocycles. The average molecular weight is 707 g/mol. The van der Waals surface area contributed by atoms with Crippen molar-refractivity contribution in [2.45, 2.75) is 70.1 Å². The second-order valence-electron chi connectivity index (χ2n) is 15.2. The molecule has 0 saturated heterocycles. The van der Waals surface area contributed by atoms with Crippen molar-refractivity contribution < 1.29 is 0 Å². The van der Waals surface area contributed by atoms with Gasteiger partial charge in [0.1, 0.15) is 0 Å². The third kappa shape index (κ3) is 8.24. The highest BCUT2D eigenvalue weighted by Gasteiger charge is 2.28. The molecule has 2 atom stereocenters. The van der Waals surface area contributed by atoms with Gasteiger partial charge in [-0.3, -0.25) is 10.0 Å². The van der Waals surface area contributed by atoms with Gasteiger partial charge in [0.25, 0.3) is 0 Å². The van der Waals surface area contributed by atoms with Gasteiger partial charge in [-0.05, 0) is 101 Å². The fourth-order valence-corrected chi connectivity index (χ4v) is 8.93. The van der Waals surface area contributed by atoms with Gasteiger partial charge in [-0.1, -0.05) is 177 Å². The molecule has 0 spiro atoms. The fraction of sp³-hybridized carbons (Fsp3) is 0.269. The monoisotopic (exact) mass is 706 g/mol. The summed E-state index contributed by atoms with van der Waals surface area (Å²) in [5.41, 5.74) is 8.53. The number of rotatable bonds is 17. The fourth-order valence-electron chi connectivity index (χ4n) is 8.93. The van der Waals surface area contributed by atoms with E-state index < -0.39 is 0 Å². The van der Waals surface area contributed by atoms with Crippen molar-refractivity contribution in [1.82, 2.24) is 0 Å². The van der Waals surface area contributed by atoms with Gasteiger partial charge in [0.2, 0.25) is 0 Å². The Morgan fingerprint density at radius 2 is 0.963 bits per heavy atom. The van der Waals surface area contributed by atoms with Crippen molar-refractivity contribution >= 4 is 39.0 Å². The summed E-state index contributed by atoms with van der Waals surface area (Å²) in [6.07, 6.45) is 23.9. The predicted molar refractivity (Wildman–Crippen MR) is 233 cm³/mol. The molecule has 8 rings (SSSR count). The lowest BCUT2D eigenvalue weighted by molar-refractivity contribution is 0.568. The number of fused-ring (bicyclic) bond motifs is 6. The Kier molecular flexibility index (Phi) is 11.7. The number of para-hydroxylation sites is 2. The summed E-state index contributed by atoms with van der Waals surface area (Å²) in [5, 5.41) is 10.6. The summed E-state index contributed by atoms with van der Waals surface area (Å²) in [7, 11) is 0. The van der Waals surface area contributed by atoms with Crippen molar-refractivity contribution in [2.75, 3.05) is 23.1 Å². The van der Waals surface area contributed by atoms with Gasteiger partial charge in [-0.2, -0.15) is 0 Å². The molecule has 2 unspecified atom stereocenters. The number of hydrogen-bond acceptors (Lipinski definition) is 2. The Bertz CT molecular complexity index is 2210. The first-order valence-corrected chi connectivity index (χ1v) is 20.5. The molecule has 2 aliphatic carbocycles. The number of nitrogens with zero attached hydrogens (tertiary/aromatic N) is 2. The Labute approximate surface area is 323 Å². The molecule has 0 radical (unpaired) electrons. The van der Waals surface area contributed by atoms with E-state index in [4.69, 9.17) is 0 Å². The van der Waals surface area contributed by atoms with Crippen molar-refractivity contribution in [3.8, 4) is 0 Å². The second-order valence-corrected chi connectivity index (χ2v) is 15.2. The summed E-state index contributed by atoms with van der Waals surface area (Å²) >= 11 is 0. The molecule has 0 bridgehead atoms. The zero-order valence-electron chi connectivity index (χ0n) is 31.7. The molecule has 0 aliphatic heterocycles. The molecule has 6 aromatic rings. The van der Waals surface area contributed by atoms with Gasteiger partial charge < -0.3 is 0 Å². The first-order valence-electron chi connectivity index (χ1n) is 20.5. The second kappa shape index (κ2) is 17.7. The van der Waals surface area contributed by atoms with Gasteiger partial charge in [0.15, 0.2) is 0 Å². The highest BCUT2D eigenvalue weighted by atomic mass is 15.6. The highest BCUT2D eigenvalue weighted by molar-refractivity contribution is 6.08. The topological polar surface area (TPSA) is 6.48 Å². The molecule has 2 nitrogen and oxygen atoms in total. The molecule has 0 heterocycles. The lowest BCUT2D eigenvalue weighted by Crippen LogP contribution is -2.44. The smallest absolute Gasteiger partial charge is 0.0574 e. The highest BCUT2D eigenvalue weighted by Crippen LogP contribution is 2.43. The SMILES string of the molecule is C1=CC2C(CCCCCCN(c3ccccc3)N(CCCCCCc3cc4ccccc4c4ccccc34)c3ccccc3)=Cc3ccccc3C2C=C1. The maximum Gasteiger partial charge on any atom is 0.0574 e. The van der Waals surface area contributed by atoms with Gasteiger partial charge >= 0.3 is 0 Å². The van der Waals surface area contributed by atoms with E-state index in [0.717, 1.165) is 19.5 Å². The van der Waals surface area contributed by atoms with Gasteiger partial charge in [0.05, 0.1) is 11.4 Å². The predicted octanol–water partition coefficient (Wildman–Crippen LogP) is 13.9. The summed E-state index contributed by atoms with van der Waals surface area (Å²) in [6, 6.07) is 51.3. The molecule has 0 saturated carbocycles. The van der Waals surface area contributed by atoms with Gasteiger partial charge in [0, 0.05) is 24.9 Å². The van der Waals surface area contributed by atoms with Crippen LogP contribution in [0.1, 0.15) is 80.4 Å². The minimum Gasteiger partial charge on any atom is -0.285 e. The molecule has 2 aliphatic rings. The van der Waals surface area contributed by atoms with Crippen LogP contribution in [0.5, 0.6) is 0 Å². The summed E-state index contributed by atoms with van der Waals surface area (Å²) in [5.74, 6) is 0.996. The van der Waals surface area contributed by atoms with E-state index in [-0.39, 0.29) is 0 Å². The number of benzene rings is 6. The van der Waals surface area contributed by atoms with Crippen molar-refractivity contribution in [3.05, 3.63) is 186 Å². The van der Waals surface area contributed by atoms with Crippen LogP contribution in [-0.2, 0) is 6.42 Å². The standard InChI is InChI=1S/C52H54N2/c1(7-23-41-39-43-25-13-15-31-47(43)51-35-19-17-33-49(41)51)3-21-37-53(45-27-9-5-10-28-45)54(46-29-11-6-12-30-46)38-22-4-2-8-24-42-40-44-26-14-16-32-48(44)52-36-20-18-34-50(42)52/h5-6,9-20,25-36,39-40,49,51H,1-4,7-8,21-24,37-38H2. The van der Waals surface area contributed by atoms with Crippen molar-refractivity contribution in [1.29, 1.82) is 0 Å². The first-order chi connectivity index (χ1) is 26.8. The minimum atomic E-state index is 0.486. The van der Waals surface area contributed by atoms with Gasteiger partial charge in [-0.15, -0.1) is 0 Å². The first kappa shape index (κ1) is 35.7. The Balaban J connectivity index is 0.872. The van der Waals surface area contributed by atoms with E-state index in [1.807, 2.05) is 0 Å². The lowest BCUT2D eigenvalue weighted by Gasteiger charge is -2.39. The number of aryl methyl sites for hydroxylation is 1. The maximum absolute atomic E-state index is 2.56. The van der Waals surface area contributed by atoms with E-state index in [0.29, 0.717) is 11.8 Å². The van der Waals surface area contributed by atoms with Crippen LogP contribution in [0.15, 0.2) is 169 Å². The van der Waals surface area contributed by atoms with E-state index >= 15 is 0 Å². The zero-order chi connectivity index (χ0) is 36.4. The number of hydrazine groups is 1. The van der Waals surface area contributed by atoms with Crippen LogP contribution in [0, 0.1) is 5.92 Å². The molecule has 0 amide bonds. The van der Waals surface area contributed by atoms with E-state index in [2.05, 4.69) is 180 Å². The van der Waals surface area contributed by atoms with Crippen LogP contribution < -0.4 is 10.0 Å². The molecule has 0 fully saturated rings. The Morgan fingerprint density at radius 3 is 1.67 bits per heavy atom. The number of anilines is 2. The molecular formula is C52H54N2. The van der Waals surface area contributed by atoms with Gasteiger partial charge in [-0.25, -0.2) is 0 Å². The lowest BCUT2D eigenvalue weighted by atomic mass is 9.72. The normalized spacial score (nSPS) is 15.9. The Morgan fingerprint density at radius 1 is 0.426 bits per heavy atom. The van der Waals surface area contributed by atoms with Crippen LogP contribution >= 0.6 is 0 Å². The summed E-state index contributed by atoms with van der Waals surface area (Å²) in [6.45, 7) is 2.03. The average Bonchev–Trinajstić information content (AvgIpc) is 3.24. The molecular weight excluding hydrogens is 653 g/mol. The largest absolute Gasteiger partial charge is 0.285 e. The summed E-state index contributed by atoms with van der Waals surface area (Å²) < 4.78 is 0. The number of unbranched alkanes of at least 4 members (excludes halogenated alkanes) is 6. The Hall–Kier alpha value is -5.34. The van der Waals surface area contributed by atoms with Crippen LogP contribution in [0.3, 0.4) is 0 Å². The summed E-state index contributed by atoms with van der Waals surface area (Å²) in [4.78, 5) is 0. The third-order valence-corrected chi connectivity index (χ3v) is 11.7. The quantitative estimate of drug-likeness (QED) is 0.0529. The van der Waals surface area contributed by atoms with Crippen molar-refractivity contribution in [2.24, 2.45) is 5.92 Å². The molecule has 272 valence electrons. The minimum absolute atomic E-state index is 0.486. The molecule has 54 heavy (non-hydrogen) atoms. The molecule has 0 N–H and O–H groups in total. The van der Waals surface area contributed by atoms with Crippen LogP contribution in [-0.4, -0.2) is 13.1 Å². The number of allylic oxidation sites excluding steroid dienone is 5. The molecule has 2 heteroatoms. The molecule has 0 aromatic heterocycles.